The lowest BCUT2D eigenvalue weighted by Gasteiger charge is -2.26. The molecule has 1 atom stereocenters. The molecule has 0 aliphatic carbocycles. The summed E-state index contributed by atoms with van der Waals surface area (Å²) in [5.74, 6) is -1.13. The standard InChI is InChI=1S/C14H16F2N2O2/c1-4-18-13(12(20-3)8-17-18)14(2,19)9-5-10(15)7-11(16)6-9/h5-8,19H,4H2,1-3H3. The number of aliphatic hydroxyl groups is 1. The summed E-state index contributed by atoms with van der Waals surface area (Å²) < 4.78 is 33.4. The van der Waals surface area contributed by atoms with Gasteiger partial charge in [-0.3, -0.25) is 4.68 Å². The maximum Gasteiger partial charge on any atom is 0.163 e. The second-order valence-electron chi connectivity index (χ2n) is 4.61. The zero-order valence-corrected chi connectivity index (χ0v) is 11.5. The minimum absolute atomic E-state index is 0.100. The fourth-order valence-electron chi connectivity index (χ4n) is 2.22. The number of rotatable bonds is 4. The fraction of sp³-hybridized carbons (Fsp3) is 0.357. The number of hydrogen-bond donors (Lipinski definition) is 1. The van der Waals surface area contributed by atoms with Gasteiger partial charge in [0, 0.05) is 12.6 Å². The first-order valence-electron chi connectivity index (χ1n) is 6.19. The van der Waals surface area contributed by atoms with Crippen molar-refractivity contribution in [3.63, 3.8) is 0 Å². The first-order valence-corrected chi connectivity index (χ1v) is 6.19. The zero-order chi connectivity index (χ0) is 14.9. The smallest absolute Gasteiger partial charge is 0.163 e. The minimum Gasteiger partial charge on any atom is -0.493 e. The topological polar surface area (TPSA) is 47.3 Å². The van der Waals surface area contributed by atoms with Crippen molar-refractivity contribution in [2.24, 2.45) is 0 Å². The van der Waals surface area contributed by atoms with E-state index in [0.29, 0.717) is 18.0 Å². The molecule has 2 rings (SSSR count). The van der Waals surface area contributed by atoms with Crippen molar-refractivity contribution in [1.82, 2.24) is 9.78 Å². The molecule has 1 unspecified atom stereocenters. The number of halogens is 2. The van der Waals surface area contributed by atoms with E-state index in [9.17, 15) is 13.9 Å². The fourth-order valence-corrected chi connectivity index (χ4v) is 2.22. The van der Waals surface area contributed by atoms with Crippen LogP contribution in [-0.2, 0) is 12.1 Å². The lowest BCUT2D eigenvalue weighted by atomic mass is 9.91. The first kappa shape index (κ1) is 14.5. The molecule has 0 spiro atoms. The highest BCUT2D eigenvalue weighted by Gasteiger charge is 2.34. The SMILES string of the molecule is CCn1ncc(OC)c1C(C)(O)c1cc(F)cc(F)c1. The summed E-state index contributed by atoms with van der Waals surface area (Å²) in [6.45, 7) is 3.79. The zero-order valence-electron chi connectivity index (χ0n) is 11.5. The molecule has 0 amide bonds. The quantitative estimate of drug-likeness (QED) is 0.937. The second-order valence-corrected chi connectivity index (χ2v) is 4.61. The van der Waals surface area contributed by atoms with E-state index in [1.165, 1.54) is 24.9 Å². The number of methoxy groups -OCH3 is 1. The highest BCUT2D eigenvalue weighted by Crippen LogP contribution is 2.35. The van der Waals surface area contributed by atoms with Gasteiger partial charge in [-0.2, -0.15) is 5.10 Å². The van der Waals surface area contributed by atoms with E-state index >= 15 is 0 Å². The van der Waals surface area contributed by atoms with Crippen LogP contribution < -0.4 is 4.74 Å². The van der Waals surface area contributed by atoms with E-state index in [1.807, 2.05) is 6.92 Å². The van der Waals surface area contributed by atoms with Gasteiger partial charge in [0.2, 0.25) is 0 Å². The summed E-state index contributed by atoms with van der Waals surface area (Å²) in [5.41, 5.74) is -1.17. The summed E-state index contributed by atoms with van der Waals surface area (Å²) >= 11 is 0. The molecule has 2 aromatic rings. The van der Waals surface area contributed by atoms with Crippen molar-refractivity contribution in [3.05, 3.63) is 47.3 Å². The summed E-state index contributed by atoms with van der Waals surface area (Å²) in [4.78, 5) is 0. The van der Waals surface area contributed by atoms with Crippen molar-refractivity contribution in [2.45, 2.75) is 26.0 Å². The molecule has 20 heavy (non-hydrogen) atoms. The van der Waals surface area contributed by atoms with Crippen LogP contribution in [0.15, 0.2) is 24.4 Å². The molecular formula is C14H16F2N2O2. The molecule has 4 nitrogen and oxygen atoms in total. The third kappa shape index (κ3) is 2.38. The van der Waals surface area contributed by atoms with E-state index in [4.69, 9.17) is 4.74 Å². The van der Waals surface area contributed by atoms with Crippen LogP contribution in [0.2, 0.25) is 0 Å². The van der Waals surface area contributed by atoms with E-state index in [2.05, 4.69) is 5.10 Å². The molecule has 0 radical (unpaired) electrons. The molecule has 1 aromatic heterocycles. The molecule has 0 fully saturated rings. The van der Waals surface area contributed by atoms with Gasteiger partial charge in [0.1, 0.15) is 22.9 Å². The summed E-state index contributed by atoms with van der Waals surface area (Å²) in [5, 5.41) is 14.8. The monoisotopic (exact) mass is 282 g/mol. The van der Waals surface area contributed by atoms with Gasteiger partial charge in [0.05, 0.1) is 13.3 Å². The summed E-state index contributed by atoms with van der Waals surface area (Å²) in [6, 6.07) is 2.94. The molecule has 0 aliphatic rings. The Bertz CT molecular complexity index is 582. The number of nitrogens with zero attached hydrogens (tertiary/aromatic N) is 2. The van der Waals surface area contributed by atoms with Crippen molar-refractivity contribution >= 4 is 0 Å². The van der Waals surface area contributed by atoms with E-state index in [-0.39, 0.29) is 5.56 Å². The van der Waals surface area contributed by atoms with Crippen LogP contribution in [-0.4, -0.2) is 22.0 Å². The van der Waals surface area contributed by atoms with E-state index in [0.717, 1.165) is 18.2 Å². The molecule has 1 heterocycles. The highest BCUT2D eigenvalue weighted by atomic mass is 19.1. The van der Waals surface area contributed by atoms with Crippen molar-refractivity contribution in [3.8, 4) is 5.75 Å². The Hall–Kier alpha value is -1.95. The Morgan fingerprint density at radius 3 is 2.40 bits per heavy atom. The van der Waals surface area contributed by atoms with Gasteiger partial charge in [0.15, 0.2) is 5.75 Å². The number of ether oxygens (including phenoxy) is 1. The second kappa shape index (κ2) is 5.20. The Balaban J connectivity index is 2.62. The van der Waals surface area contributed by atoms with Gasteiger partial charge in [-0.05, 0) is 31.5 Å². The van der Waals surface area contributed by atoms with Crippen LogP contribution >= 0.6 is 0 Å². The van der Waals surface area contributed by atoms with Crippen LogP contribution in [0.1, 0.15) is 25.1 Å². The summed E-state index contributed by atoms with van der Waals surface area (Å²) in [6.07, 6.45) is 1.46. The lowest BCUT2D eigenvalue weighted by molar-refractivity contribution is 0.0878. The maximum atomic E-state index is 13.4. The molecule has 0 saturated heterocycles. The largest absolute Gasteiger partial charge is 0.493 e. The summed E-state index contributed by atoms with van der Waals surface area (Å²) in [7, 11) is 1.45. The van der Waals surface area contributed by atoms with Gasteiger partial charge in [-0.25, -0.2) is 8.78 Å². The predicted octanol–water partition coefficient (Wildman–Crippen LogP) is 2.45. The highest BCUT2D eigenvalue weighted by molar-refractivity contribution is 5.39. The van der Waals surface area contributed by atoms with Crippen LogP contribution in [0.3, 0.4) is 0 Å². The third-order valence-corrected chi connectivity index (χ3v) is 3.21. The van der Waals surface area contributed by atoms with Gasteiger partial charge in [0.25, 0.3) is 0 Å². The minimum atomic E-state index is -1.62. The van der Waals surface area contributed by atoms with Gasteiger partial charge in [-0.15, -0.1) is 0 Å². The number of hydrogen-bond acceptors (Lipinski definition) is 3. The van der Waals surface area contributed by atoms with Crippen molar-refractivity contribution < 1.29 is 18.6 Å². The van der Waals surface area contributed by atoms with Crippen LogP contribution in [0.25, 0.3) is 0 Å². The molecule has 1 N–H and O–H groups in total. The van der Waals surface area contributed by atoms with Gasteiger partial charge in [-0.1, -0.05) is 0 Å². The Morgan fingerprint density at radius 2 is 1.90 bits per heavy atom. The number of aryl methyl sites for hydroxylation is 1. The van der Waals surface area contributed by atoms with Crippen LogP contribution in [0.4, 0.5) is 8.78 Å². The Morgan fingerprint density at radius 1 is 1.30 bits per heavy atom. The van der Waals surface area contributed by atoms with Gasteiger partial charge >= 0.3 is 0 Å². The van der Waals surface area contributed by atoms with E-state index in [1.54, 1.807) is 0 Å². The number of benzene rings is 1. The van der Waals surface area contributed by atoms with Crippen LogP contribution in [0, 0.1) is 11.6 Å². The predicted molar refractivity (Wildman–Crippen MR) is 69.5 cm³/mol. The van der Waals surface area contributed by atoms with Crippen LogP contribution in [0.5, 0.6) is 5.75 Å². The average molecular weight is 282 g/mol. The number of aromatic nitrogens is 2. The lowest BCUT2D eigenvalue weighted by Crippen LogP contribution is -2.27. The molecule has 0 aliphatic heterocycles. The first-order chi connectivity index (χ1) is 9.40. The van der Waals surface area contributed by atoms with E-state index < -0.39 is 17.2 Å². The average Bonchev–Trinajstić information content (AvgIpc) is 2.81. The Labute approximate surface area is 115 Å². The third-order valence-electron chi connectivity index (χ3n) is 3.21. The molecule has 0 saturated carbocycles. The van der Waals surface area contributed by atoms with Gasteiger partial charge < -0.3 is 9.84 Å². The Kier molecular flexibility index (Phi) is 3.76. The van der Waals surface area contributed by atoms with Crippen molar-refractivity contribution in [2.75, 3.05) is 7.11 Å². The molecule has 0 bridgehead atoms. The van der Waals surface area contributed by atoms with Crippen molar-refractivity contribution in [1.29, 1.82) is 0 Å². The molecule has 1 aromatic carbocycles. The maximum absolute atomic E-state index is 13.4. The molecular weight excluding hydrogens is 266 g/mol. The normalized spacial score (nSPS) is 14.1. The molecule has 6 heteroatoms. The molecule has 108 valence electrons.